The van der Waals surface area contributed by atoms with E-state index >= 15 is 0 Å². The van der Waals surface area contributed by atoms with Crippen molar-refractivity contribution in [3.8, 4) is 0 Å². The average Bonchev–Trinajstić information content (AvgIpc) is 2.16. The second-order valence-electron chi connectivity index (χ2n) is 3.73. The molecular formula is C10H19ClO. The lowest BCUT2D eigenvalue weighted by molar-refractivity contribution is -0.0684. The Morgan fingerprint density at radius 3 is 2.75 bits per heavy atom. The van der Waals surface area contributed by atoms with Crippen LogP contribution in [0.1, 0.15) is 45.4 Å². The Morgan fingerprint density at radius 1 is 1.42 bits per heavy atom. The van der Waals surface area contributed by atoms with E-state index < -0.39 is 0 Å². The minimum Gasteiger partial charge on any atom is -0.374 e. The standard InChI is InChI=1S/C10H19ClO/c1-2-3-6-10(9-11)7-4-5-8-12-10/h2-9H2,1H3. The Hall–Kier alpha value is 0.250. The van der Waals surface area contributed by atoms with E-state index in [-0.39, 0.29) is 5.60 Å². The van der Waals surface area contributed by atoms with Crippen LogP contribution in [0.25, 0.3) is 0 Å². The van der Waals surface area contributed by atoms with Crippen LogP contribution in [0.15, 0.2) is 0 Å². The van der Waals surface area contributed by atoms with Gasteiger partial charge in [-0.1, -0.05) is 19.8 Å². The van der Waals surface area contributed by atoms with Gasteiger partial charge in [0.05, 0.1) is 11.5 Å². The fourth-order valence-electron chi connectivity index (χ4n) is 1.78. The van der Waals surface area contributed by atoms with Crippen molar-refractivity contribution in [1.82, 2.24) is 0 Å². The maximum atomic E-state index is 5.95. The summed E-state index contributed by atoms with van der Waals surface area (Å²) in [5, 5.41) is 0. The van der Waals surface area contributed by atoms with Gasteiger partial charge in [-0.15, -0.1) is 11.6 Å². The molecule has 0 saturated carbocycles. The molecule has 1 atom stereocenters. The van der Waals surface area contributed by atoms with Crippen LogP contribution in [0, 0.1) is 0 Å². The lowest BCUT2D eigenvalue weighted by Gasteiger charge is -2.35. The summed E-state index contributed by atoms with van der Waals surface area (Å²) in [6.07, 6.45) is 7.29. The molecule has 0 N–H and O–H groups in total. The van der Waals surface area contributed by atoms with Crippen molar-refractivity contribution in [3.05, 3.63) is 0 Å². The van der Waals surface area contributed by atoms with E-state index in [0.29, 0.717) is 5.88 Å². The minimum atomic E-state index is 0.0375. The number of ether oxygens (including phenoxy) is 1. The first-order valence-electron chi connectivity index (χ1n) is 5.03. The smallest absolute Gasteiger partial charge is 0.0817 e. The molecule has 72 valence electrons. The maximum Gasteiger partial charge on any atom is 0.0817 e. The van der Waals surface area contributed by atoms with Crippen LogP contribution in [0.5, 0.6) is 0 Å². The summed E-state index contributed by atoms with van der Waals surface area (Å²) in [7, 11) is 0. The van der Waals surface area contributed by atoms with Crippen LogP contribution < -0.4 is 0 Å². The summed E-state index contributed by atoms with van der Waals surface area (Å²) in [5.41, 5.74) is 0.0375. The van der Waals surface area contributed by atoms with Crippen LogP contribution in [-0.2, 0) is 4.74 Å². The molecule has 1 aliphatic heterocycles. The van der Waals surface area contributed by atoms with E-state index in [9.17, 15) is 0 Å². The molecule has 1 saturated heterocycles. The van der Waals surface area contributed by atoms with Crippen LogP contribution in [0.4, 0.5) is 0 Å². The zero-order chi connectivity index (χ0) is 8.86. The van der Waals surface area contributed by atoms with E-state index in [1.807, 2.05) is 0 Å². The Kier molecular flexibility index (Phi) is 4.38. The Bertz CT molecular complexity index is 119. The van der Waals surface area contributed by atoms with Gasteiger partial charge in [0.25, 0.3) is 0 Å². The lowest BCUT2D eigenvalue weighted by atomic mass is 9.90. The van der Waals surface area contributed by atoms with E-state index in [1.165, 1.54) is 25.7 Å². The lowest BCUT2D eigenvalue weighted by Crippen LogP contribution is -2.38. The molecular weight excluding hydrogens is 172 g/mol. The number of unbranched alkanes of at least 4 members (excludes halogenated alkanes) is 1. The van der Waals surface area contributed by atoms with Gasteiger partial charge in [-0.25, -0.2) is 0 Å². The predicted molar refractivity (Wildman–Crippen MR) is 52.8 cm³/mol. The Balaban J connectivity index is 2.37. The fraction of sp³-hybridized carbons (Fsp3) is 1.00. The van der Waals surface area contributed by atoms with Gasteiger partial charge in [0, 0.05) is 6.61 Å². The van der Waals surface area contributed by atoms with Crippen LogP contribution in [-0.4, -0.2) is 18.1 Å². The van der Waals surface area contributed by atoms with Gasteiger partial charge in [-0.2, -0.15) is 0 Å². The maximum absolute atomic E-state index is 5.95. The first kappa shape index (κ1) is 10.3. The van der Waals surface area contributed by atoms with E-state index in [0.717, 1.165) is 19.4 Å². The molecule has 1 nitrogen and oxygen atoms in total. The molecule has 1 rings (SSSR count). The van der Waals surface area contributed by atoms with Crippen molar-refractivity contribution >= 4 is 11.6 Å². The second kappa shape index (κ2) is 5.08. The molecule has 1 fully saturated rings. The van der Waals surface area contributed by atoms with Gasteiger partial charge >= 0.3 is 0 Å². The van der Waals surface area contributed by atoms with Gasteiger partial charge in [0.15, 0.2) is 0 Å². The number of hydrogen-bond acceptors (Lipinski definition) is 1. The molecule has 0 aromatic heterocycles. The van der Waals surface area contributed by atoms with Gasteiger partial charge < -0.3 is 4.74 Å². The molecule has 0 amide bonds. The summed E-state index contributed by atoms with van der Waals surface area (Å²) in [6.45, 7) is 3.13. The molecule has 1 aliphatic rings. The van der Waals surface area contributed by atoms with Gasteiger partial charge in [0.1, 0.15) is 0 Å². The molecule has 12 heavy (non-hydrogen) atoms. The monoisotopic (exact) mass is 190 g/mol. The average molecular weight is 191 g/mol. The third kappa shape index (κ3) is 2.63. The van der Waals surface area contributed by atoms with Crippen LogP contribution in [0.3, 0.4) is 0 Å². The summed E-state index contributed by atoms with van der Waals surface area (Å²) in [6, 6.07) is 0. The number of alkyl halides is 1. The van der Waals surface area contributed by atoms with Crippen molar-refractivity contribution in [2.75, 3.05) is 12.5 Å². The largest absolute Gasteiger partial charge is 0.374 e. The van der Waals surface area contributed by atoms with Gasteiger partial charge in [-0.05, 0) is 25.7 Å². The number of rotatable bonds is 4. The quantitative estimate of drug-likeness (QED) is 0.618. The second-order valence-corrected chi connectivity index (χ2v) is 3.99. The van der Waals surface area contributed by atoms with Crippen LogP contribution in [0.2, 0.25) is 0 Å². The zero-order valence-corrected chi connectivity index (χ0v) is 8.70. The van der Waals surface area contributed by atoms with Crippen molar-refractivity contribution in [2.45, 2.75) is 51.0 Å². The highest BCUT2D eigenvalue weighted by Gasteiger charge is 2.31. The molecule has 1 unspecified atom stereocenters. The van der Waals surface area contributed by atoms with Gasteiger partial charge in [0.2, 0.25) is 0 Å². The van der Waals surface area contributed by atoms with Gasteiger partial charge in [-0.3, -0.25) is 0 Å². The van der Waals surface area contributed by atoms with E-state index in [2.05, 4.69) is 6.92 Å². The summed E-state index contributed by atoms with van der Waals surface area (Å²) < 4.78 is 5.78. The highest BCUT2D eigenvalue weighted by atomic mass is 35.5. The molecule has 0 aliphatic carbocycles. The molecule has 0 aromatic carbocycles. The molecule has 1 heterocycles. The summed E-state index contributed by atoms with van der Waals surface area (Å²) >= 11 is 5.95. The SMILES string of the molecule is CCCCC1(CCl)CCCCO1. The highest BCUT2D eigenvalue weighted by Crippen LogP contribution is 2.31. The minimum absolute atomic E-state index is 0.0375. The van der Waals surface area contributed by atoms with Crippen molar-refractivity contribution in [3.63, 3.8) is 0 Å². The van der Waals surface area contributed by atoms with E-state index in [1.54, 1.807) is 0 Å². The zero-order valence-electron chi connectivity index (χ0n) is 7.94. The van der Waals surface area contributed by atoms with Crippen LogP contribution >= 0.6 is 11.6 Å². The van der Waals surface area contributed by atoms with Crippen molar-refractivity contribution < 1.29 is 4.74 Å². The molecule has 2 heteroatoms. The number of halogens is 1. The third-order valence-corrected chi connectivity index (χ3v) is 3.15. The van der Waals surface area contributed by atoms with Crippen molar-refractivity contribution in [2.24, 2.45) is 0 Å². The number of hydrogen-bond donors (Lipinski definition) is 0. The normalized spacial score (nSPS) is 30.5. The fourth-order valence-corrected chi connectivity index (χ4v) is 2.12. The molecule has 0 bridgehead atoms. The first-order valence-corrected chi connectivity index (χ1v) is 5.56. The molecule has 0 aromatic rings. The van der Waals surface area contributed by atoms with Crippen molar-refractivity contribution in [1.29, 1.82) is 0 Å². The first-order chi connectivity index (χ1) is 5.83. The predicted octanol–water partition coefficient (Wildman–Crippen LogP) is 3.35. The highest BCUT2D eigenvalue weighted by molar-refractivity contribution is 6.18. The topological polar surface area (TPSA) is 9.23 Å². The molecule has 0 spiro atoms. The Labute approximate surface area is 80.4 Å². The van der Waals surface area contributed by atoms with E-state index in [4.69, 9.17) is 16.3 Å². The molecule has 0 radical (unpaired) electrons. The summed E-state index contributed by atoms with van der Waals surface area (Å²) in [5.74, 6) is 0.674. The Morgan fingerprint density at radius 2 is 2.25 bits per heavy atom. The third-order valence-electron chi connectivity index (χ3n) is 2.66. The summed E-state index contributed by atoms with van der Waals surface area (Å²) in [4.78, 5) is 0.